The minimum atomic E-state index is -0.102. The summed E-state index contributed by atoms with van der Waals surface area (Å²) in [7, 11) is 0. The van der Waals surface area contributed by atoms with E-state index in [1.54, 1.807) is 5.57 Å². The lowest BCUT2D eigenvalue weighted by molar-refractivity contribution is 0.162. The lowest BCUT2D eigenvalue weighted by Gasteiger charge is -2.46. The van der Waals surface area contributed by atoms with Crippen molar-refractivity contribution in [2.24, 2.45) is 22.7 Å². The highest BCUT2D eigenvalue weighted by Gasteiger charge is 2.44. The van der Waals surface area contributed by atoms with Crippen LogP contribution in [0.4, 0.5) is 0 Å². The molecule has 5 heteroatoms. The van der Waals surface area contributed by atoms with E-state index in [1.807, 2.05) is 6.20 Å². The van der Waals surface area contributed by atoms with Crippen molar-refractivity contribution in [3.8, 4) is 23.0 Å². The fourth-order valence-electron chi connectivity index (χ4n) is 9.02. The van der Waals surface area contributed by atoms with Gasteiger partial charge in [-0.2, -0.15) is 5.10 Å². The van der Waals surface area contributed by atoms with E-state index in [4.69, 9.17) is 14.8 Å². The van der Waals surface area contributed by atoms with Gasteiger partial charge in [0.15, 0.2) is 0 Å². The third-order valence-electron chi connectivity index (χ3n) is 12.0. The Hall–Kier alpha value is -4.64. The third-order valence-corrected chi connectivity index (χ3v) is 12.0. The van der Waals surface area contributed by atoms with E-state index in [2.05, 4.69) is 185 Å². The number of pyridine rings is 1. The van der Waals surface area contributed by atoms with Gasteiger partial charge in [0.2, 0.25) is 0 Å². The fraction of sp³-hybridized carbons (Fsp3) is 0.440. The summed E-state index contributed by atoms with van der Waals surface area (Å²) in [4.78, 5) is 4.86. The quantitative estimate of drug-likeness (QED) is 0.160. The molecule has 1 aliphatic rings. The Morgan fingerprint density at radius 2 is 1.47 bits per heavy atom. The highest BCUT2D eigenvalue weighted by Crippen LogP contribution is 2.54. The van der Waals surface area contributed by atoms with Crippen LogP contribution in [0.3, 0.4) is 0 Å². The highest BCUT2D eigenvalue weighted by molar-refractivity contribution is 6.09. The van der Waals surface area contributed by atoms with Crippen molar-refractivity contribution in [3.63, 3.8) is 0 Å². The van der Waals surface area contributed by atoms with Crippen molar-refractivity contribution in [1.82, 2.24) is 19.3 Å². The van der Waals surface area contributed by atoms with Gasteiger partial charge in [0, 0.05) is 46.3 Å². The maximum Gasteiger partial charge on any atom is 0.137 e. The predicted octanol–water partition coefficient (Wildman–Crippen LogP) is 14.0. The summed E-state index contributed by atoms with van der Waals surface area (Å²) in [5, 5.41) is 7.70. The molecular formula is C50H62N4O. The molecule has 3 heterocycles. The number of para-hydroxylation sites is 1. The molecule has 3 atom stereocenters. The van der Waals surface area contributed by atoms with Gasteiger partial charge in [-0.25, -0.2) is 9.67 Å². The summed E-state index contributed by atoms with van der Waals surface area (Å²) in [6.45, 7) is 32.5. The normalized spacial score (nSPS) is 18.4. The van der Waals surface area contributed by atoms with Crippen molar-refractivity contribution in [2.45, 2.75) is 121 Å². The molecule has 3 aromatic carbocycles. The van der Waals surface area contributed by atoms with Gasteiger partial charge in [-0.15, -0.1) is 0 Å². The van der Waals surface area contributed by atoms with E-state index in [-0.39, 0.29) is 16.2 Å². The predicted molar refractivity (Wildman–Crippen MR) is 231 cm³/mol. The van der Waals surface area contributed by atoms with E-state index < -0.39 is 0 Å². The number of hydrogen-bond donors (Lipinski definition) is 0. The van der Waals surface area contributed by atoms with Crippen LogP contribution in [-0.4, -0.2) is 19.3 Å². The Bertz CT molecular complexity index is 2420. The molecule has 0 aliphatic heterocycles. The molecule has 1 unspecified atom stereocenters. The monoisotopic (exact) mass is 734 g/mol. The van der Waals surface area contributed by atoms with Gasteiger partial charge in [-0.1, -0.05) is 113 Å². The molecule has 0 N–H and O–H groups in total. The molecule has 0 spiro atoms. The van der Waals surface area contributed by atoms with Crippen LogP contribution in [0.5, 0.6) is 11.5 Å². The first-order chi connectivity index (χ1) is 25.7. The van der Waals surface area contributed by atoms with Crippen molar-refractivity contribution in [3.05, 3.63) is 119 Å². The molecule has 0 bridgehead atoms. The maximum atomic E-state index is 6.88. The first-order valence-electron chi connectivity index (χ1n) is 20.3. The van der Waals surface area contributed by atoms with Gasteiger partial charge in [0.05, 0.1) is 22.4 Å². The summed E-state index contributed by atoms with van der Waals surface area (Å²) in [6, 6.07) is 26.0. The maximum absolute atomic E-state index is 6.88. The zero-order valence-electron chi connectivity index (χ0n) is 35.8. The van der Waals surface area contributed by atoms with Crippen molar-refractivity contribution >= 4 is 21.8 Å². The first kappa shape index (κ1) is 38.6. The summed E-state index contributed by atoms with van der Waals surface area (Å²) in [5.74, 6) is 4.26. The van der Waals surface area contributed by atoms with E-state index in [0.29, 0.717) is 23.7 Å². The number of aromatic nitrogens is 4. The van der Waals surface area contributed by atoms with Crippen LogP contribution in [0.25, 0.3) is 33.3 Å². The van der Waals surface area contributed by atoms with Gasteiger partial charge >= 0.3 is 0 Å². The Morgan fingerprint density at radius 1 is 0.764 bits per heavy atom. The number of rotatable bonds is 6. The minimum Gasteiger partial charge on any atom is -0.457 e. The second-order valence-electron chi connectivity index (χ2n) is 19.7. The molecule has 5 nitrogen and oxygen atoms in total. The van der Waals surface area contributed by atoms with E-state index in [9.17, 15) is 0 Å². The summed E-state index contributed by atoms with van der Waals surface area (Å²) in [6.07, 6.45) is 5.67. The largest absolute Gasteiger partial charge is 0.457 e. The average molecular weight is 735 g/mol. The molecule has 288 valence electrons. The summed E-state index contributed by atoms with van der Waals surface area (Å²) < 4.78 is 11.3. The van der Waals surface area contributed by atoms with Crippen LogP contribution in [0.15, 0.2) is 90.6 Å². The van der Waals surface area contributed by atoms with Gasteiger partial charge < -0.3 is 4.74 Å². The number of ether oxygens (including phenoxy) is 1. The number of fused-ring (bicyclic) bond motifs is 3. The smallest absolute Gasteiger partial charge is 0.137 e. The third kappa shape index (κ3) is 7.28. The number of allylic oxidation sites excluding steroid dienone is 2. The molecule has 3 aromatic heterocycles. The van der Waals surface area contributed by atoms with Crippen molar-refractivity contribution < 1.29 is 4.74 Å². The van der Waals surface area contributed by atoms with Crippen molar-refractivity contribution in [1.29, 1.82) is 0 Å². The SMILES string of the molecule is Cc1nn(-c2cc(Oc3ccc4c5ccccc5n(-c5cc(C(C)C)ccn5)c4c3)cc(C(C)(C)C)c2)c(C)c1C1C(C(C)(C)C)=C[C@H](C)C[C@@H]1C(C)(C)C. The Morgan fingerprint density at radius 3 is 2.15 bits per heavy atom. The molecular weight excluding hydrogens is 673 g/mol. The summed E-state index contributed by atoms with van der Waals surface area (Å²) in [5.41, 5.74) is 11.0. The molecule has 6 aromatic rings. The van der Waals surface area contributed by atoms with Crippen LogP contribution >= 0.6 is 0 Å². The molecule has 0 saturated carbocycles. The second kappa shape index (κ2) is 13.8. The standard InChI is InChI=1S/C50H62N4O/c1-30(2)34-21-22-51-45(25-34)53-43-18-16-15-17-39(43)40-20-19-37(29-44(40)53)55-38-27-35(48(6,7)8)26-36(28-38)54-33(5)46(32(4)52-54)47-41(49(9,10)11)23-31(3)24-42(47)50(12,13)14/h15-23,25-31,42,47H,24H2,1-14H3/t31-,42-,47?/m0/s1. The molecule has 0 saturated heterocycles. The minimum absolute atomic E-state index is 0.0527. The van der Waals surface area contributed by atoms with E-state index >= 15 is 0 Å². The van der Waals surface area contributed by atoms with Gasteiger partial charge in [0.1, 0.15) is 17.3 Å². The average Bonchev–Trinajstić information content (AvgIpc) is 3.59. The van der Waals surface area contributed by atoms with E-state index in [0.717, 1.165) is 39.7 Å². The first-order valence-corrected chi connectivity index (χ1v) is 20.3. The van der Waals surface area contributed by atoms with Crippen LogP contribution in [0.1, 0.15) is 129 Å². The van der Waals surface area contributed by atoms with Crippen LogP contribution in [0.2, 0.25) is 0 Å². The van der Waals surface area contributed by atoms with Gasteiger partial charge in [-0.3, -0.25) is 4.57 Å². The Balaban J connectivity index is 1.35. The van der Waals surface area contributed by atoms with Crippen LogP contribution < -0.4 is 4.74 Å². The zero-order chi connectivity index (χ0) is 39.8. The number of aryl methyl sites for hydroxylation is 1. The lowest BCUT2D eigenvalue weighted by atomic mass is 9.58. The van der Waals surface area contributed by atoms with E-state index in [1.165, 1.54) is 39.6 Å². The Kier molecular flexibility index (Phi) is 9.71. The Labute approximate surface area is 329 Å². The lowest BCUT2D eigenvalue weighted by Crippen LogP contribution is -2.36. The molecule has 0 radical (unpaired) electrons. The molecule has 7 rings (SSSR count). The molecule has 55 heavy (non-hydrogen) atoms. The van der Waals surface area contributed by atoms with Crippen LogP contribution in [0, 0.1) is 36.5 Å². The molecule has 0 amide bonds. The number of nitrogens with zero attached hydrogens (tertiary/aromatic N) is 4. The number of hydrogen-bond acceptors (Lipinski definition) is 3. The summed E-state index contributed by atoms with van der Waals surface area (Å²) >= 11 is 0. The van der Waals surface area contributed by atoms with Crippen LogP contribution in [-0.2, 0) is 5.41 Å². The highest BCUT2D eigenvalue weighted by atomic mass is 16.5. The van der Waals surface area contributed by atoms with Gasteiger partial charge in [0.25, 0.3) is 0 Å². The number of benzene rings is 3. The van der Waals surface area contributed by atoms with Crippen molar-refractivity contribution in [2.75, 3.05) is 0 Å². The topological polar surface area (TPSA) is 44.9 Å². The fourth-order valence-corrected chi connectivity index (χ4v) is 9.02. The molecule has 0 fully saturated rings. The second-order valence-corrected chi connectivity index (χ2v) is 19.7. The molecule has 1 aliphatic carbocycles. The zero-order valence-corrected chi connectivity index (χ0v) is 35.8. The van der Waals surface area contributed by atoms with Gasteiger partial charge in [-0.05, 0) is 108 Å².